The number of nitrogens with zero attached hydrogens (tertiary/aromatic N) is 2. The minimum atomic E-state index is -0.414. The molecule has 0 bridgehead atoms. The molecule has 6 heteroatoms. The highest BCUT2D eigenvalue weighted by Gasteiger charge is 2.11. The van der Waals surface area contributed by atoms with E-state index in [2.05, 4.69) is 4.98 Å². The molecule has 0 aliphatic rings. The Balaban J connectivity index is 1.79. The van der Waals surface area contributed by atoms with Gasteiger partial charge in [0.25, 0.3) is 0 Å². The van der Waals surface area contributed by atoms with Crippen molar-refractivity contribution in [2.24, 2.45) is 0 Å². The van der Waals surface area contributed by atoms with Gasteiger partial charge in [-0.1, -0.05) is 12.1 Å². The SMILES string of the molecule is CN(CCOc1ccccc1F)C(=O)Cc1ccc(N)cn1. The zero-order valence-corrected chi connectivity index (χ0v) is 12.3. The number of rotatable bonds is 6. The van der Waals surface area contributed by atoms with Crippen molar-refractivity contribution in [2.45, 2.75) is 6.42 Å². The van der Waals surface area contributed by atoms with Gasteiger partial charge in [0.2, 0.25) is 5.91 Å². The smallest absolute Gasteiger partial charge is 0.228 e. The van der Waals surface area contributed by atoms with E-state index < -0.39 is 5.82 Å². The largest absolute Gasteiger partial charge is 0.489 e. The van der Waals surface area contributed by atoms with Crippen LogP contribution in [0.25, 0.3) is 0 Å². The van der Waals surface area contributed by atoms with E-state index in [9.17, 15) is 9.18 Å². The topological polar surface area (TPSA) is 68.5 Å². The van der Waals surface area contributed by atoms with Crippen molar-refractivity contribution in [3.63, 3.8) is 0 Å². The summed E-state index contributed by atoms with van der Waals surface area (Å²) in [6, 6.07) is 9.59. The molecule has 0 saturated carbocycles. The van der Waals surface area contributed by atoms with Crippen LogP contribution in [0.2, 0.25) is 0 Å². The molecule has 0 atom stereocenters. The first kappa shape index (κ1) is 15.8. The lowest BCUT2D eigenvalue weighted by Gasteiger charge is -2.17. The highest BCUT2D eigenvalue weighted by molar-refractivity contribution is 5.78. The molecule has 0 saturated heterocycles. The van der Waals surface area contributed by atoms with E-state index in [1.54, 1.807) is 37.4 Å². The Labute approximate surface area is 128 Å². The number of ether oxygens (including phenoxy) is 1. The Morgan fingerprint density at radius 3 is 2.77 bits per heavy atom. The number of para-hydroxylation sites is 1. The molecule has 2 rings (SSSR count). The number of carbonyl (C=O) groups excluding carboxylic acids is 1. The molecule has 5 nitrogen and oxygen atoms in total. The lowest BCUT2D eigenvalue weighted by atomic mass is 10.2. The summed E-state index contributed by atoms with van der Waals surface area (Å²) in [6.07, 6.45) is 1.71. The molecular weight excluding hydrogens is 285 g/mol. The summed E-state index contributed by atoms with van der Waals surface area (Å²) in [4.78, 5) is 17.6. The minimum Gasteiger partial charge on any atom is -0.489 e. The molecule has 1 aromatic carbocycles. The first-order chi connectivity index (χ1) is 10.6. The average molecular weight is 303 g/mol. The van der Waals surface area contributed by atoms with Crippen LogP contribution >= 0.6 is 0 Å². The second-order valence-corrected chi connectivity index (χ2v) is 4.85. The van der Waals surface area contributed by atoms with Gasteiger partial charge in [0, 0.05) is 12.7 Å². The number of pyridine rings is 1. The summed E-state index contributed by atoms with van der Waals surface area (Å²) in [5.74, 6) is -0.319. The van der Waals surface area contributed by atoms with Gasteiger partial charge in [-0.3, -0.25) is 9.78 Å². The van der Waals surface area contributed by atoms with Crippen LogP contribution in [0, 0.1) is 5.82 Å². The number of benzene rings is 1. The van der Waals surface area contributed by atoms with E-state index in [1.807, 2.05) is 0 Å². The first-order valence-corrected chi connectivity index (χ1v) is 6.88. The van der Waals surface area contributed by atoms with Crippen LogP contribution in [0.15, 0.2) is 42.6 Å². The van der Waals surface area contributed by atoms with Crippen molar-refractivity contribution >= 4 is 11.6 Å². The molecule has 0 unspecified atom stereocenters. The van der Waals surface area contributed by atoms with Crippen molar-refractivity contribution in [1.29, 1.82) is 0 Å². The maximum absolute atomic E-state index is 13.4. The van der Waals surface area contributed by atoms with Gasteiger partial charge in [-0.05, 0) is 24.3 Å². The molecular formula is C16H18FN3O2. The van der Waals surface area contributed by atoms with Crippen LogP contribution in [0.3, 0.4) is 0 Å². The highest BCUT2D eigenvalue weighted by Crippen LogP contribution is 2.15. The van der Waals surface area contributed by atoms with E-state index in [0.717, 1.165) is 0 Å². The molecule has 1 amide bonds. The van der Waals surface area contributed by atoms with E-state index in [0.29, 0.717) is 17.9 Å². The van der Waals surface area contributed by atoms with E-state index >= 15 is 0 Å². The lowest BCUT2D eigenvalue weighted by Crippen LogP contribution is -2.32. The van der Waals surface area contributed by atoms with Gasteiger partial charge < -0.3 is 15.4 Å². The summed E-state index contributed by atoms with van der Waals surface area (Å²) >= 11 is 0. The molecule has 0 aliphatic carbocycles. The van der Waals surface area contributed by atoms with Gasteiger partial charge in [-0.15, -0.1) is 0 Å². The van der Waals surface area contributed by atoms with E-state index in [4.69, 9.17) is 10.5 Å². The predicted octanol–water partition coefficient (Wildman–Crippen LogP) is 1.88. The van der Waals surface area contributed by atoms with Crippen molar-refractivity contribution in [3.05, 3.63) is 54.1 Å². The number of hydrogen-bond donors (Lipinski definition) is 1. The lowest BCUT2D eigenvalue weighted by molar-refractivity contribution is -0.129. The molecule has 1 aromatic heterocycles. The van der Waals surface area contributed by atoms with Crippen molar-refractivity contribution in [3.8, 4) is 5.75 Å². The van der Waals surface area contributed by atoms with Crippen molar-refractivity contribution in [2.75, 3.05) is 25.9 Å². The fourth-order valence-corrected chi connectivity index (χ4v) is 1.81. The maximum atomic E-state index is 13.4. The van der Waals surface area contributed by atoms with E-state index in [1.165, 1.54) is 17.2 Å². The van der Waals surface area contributed by atoms with Crippen LogP contribution in [0.5, 0.6) is 5.75 Å². The summed E-state index contributed by atoms with van der Waals surface area (Å²) < 4.78 is 18.7. The third-order valence-corrected chi connectivity index (χ3v) is 3.13. The van der Waals surface area contributed by atoms with Gasteiger partial charge in [-0.25, -0.2) is 4.39 Å². The van der Waals surface area contributed by atoms with Gasteiger partial charge >= 0.3 is 0 Å². The number of halogens is 1. The molecule has 0 aliphatic heterocycles. The minimum absolute atomic E-state index is 0.0885. The van der Waals surface area contributed by atoms with Crippen LogP contribution in [0.1, 0.15) is 5.69 Å². The van der Waals surface area contributed by atoms with Crippen LogP contribution in [0.4, 0.5) is 10.1 Å². The normalized spacial score (nSPS) is 10.3. The number of carbonyl (C=O) groups is 1. The van der Waals surface area contributed by atoms with E-state index in [-0.39, 0.29) is 24.7 Å². The molecule has 1 heterocycles. The molecule has 116 valence electrons. The molecule has 0 spiro atoms. The third kappa shape index (κ3) is 4.44. The maximum Gasteiger partial charge on any atom is 0.228 e. The summed E-state index contributed by atoms with van der Waals surface area (Å²) in [5.41, 5.74) is 6.76. The number of amides is 1. The Morgan fingerprint density at radius 2 is 2.09 bits per heavy atom. The molecule has 22 heavy (non-hydrogen) atoms. The first-order valence-electron chi connectivity index (χ1n) is 6.88. The van der Waals surface area contributed by atoms with Gasteiger partial charge in [-0.2, -0.15) is 0 Å². The Kier molecular flexibility index (Phi) is 5.30. The summed E-state index contributed by atoms with van der Waals surface area (Å²) in [6.45, 7) is 0.584. The Bertz CT molecular complexity index is 632. The number of aromatic nitrogens is 1. The van der Waals surface area contributed by atoms with Crippen LogP contribution < -0.4 is 10.5 Å². The predicted molar refractivity (Wildman–Crippen MR) is 81.9 cm³/mol. The van der Waals surface area contributed by atoms with Crippen molar-refractivity contribution < 1.29 is 13.9 Å². The fourth-order valence-electron chi connectivity index (χ4n) is 1.81. The fraction of sp³-hybridized carbons (Fsp3) is 0.250. The number of nitrogens with two attached hydrogens (primary N) is 1. The number of nitrogen functional groups attached to an aromatic ring is 1. The quantitative estimate of drug-likeness (QED) is 0.884. The monoisotopic (exact) mass is 303 g/mol. The van der Waals surface area contributed by atoms with Crippen molar-refractivity contribution in [1.82, 2.24) is 9.88 Å². The van der Waals surface area contributed by atoms with Gasteiger partial charge in [0.05, 0.1) is 24.8 Å². The molecule has 2 N–H and O–H groups in total. The zero-order chi connectivity index (χ0) is 15.9. The zero-order valence-electron chi connectivity index (χ0n) is 12.3. The van der Waals surface area contributed by atoms with Crippen LogP contribution in [-0.2, 0) is 11.2 Å². The standard InChI is InChI=1S/C16H18FN3O2/c1-20(8-9-22-15-5-3-2-4-14(15)17)16(21)10-13-7-6-12(18)11-19-13/h2-7,11H,8-10,18H2,1H3. The Morgan fingerprint density at radius 1 is 1.32 bits per heavy atom. The average Bonchev–Trinajstić information content (AvgIpc) is 2.51. The van der Waals surface area contributed by atoms with Crippen LogP contribution in [-0.4, -0.2) is 36.0 Å². The number of hydrogen-bond acceptors (Lipinski definition) is 4. The third-order valence-electron chi connectivity index (χ3n) is 3.13. The summed E-state index contributed by atoms with van der Waals surface area (Å²) in [7, 11) is 1.67. The summed E-state index contributed by atoms with van der Waals surface area (Å²) in [5, 5.41) is 0. The molecule has 2 aromatic rings. The second kappa shape index (κ2) is 7.40. The molecule has 0 radical (unpaired) electrons. The van der Waals surface area contributed by atoms with Gasteiger partial charge in [0.1, 0.15) is 6.61 Å². The van der Waals surface area contributed by atoms with Gasteiger partial charge in [0.15, 0.2) is 11.6 Å². The Hall–Kier alpha value is -2.63. The highest BCUT2D eigenvalue weighted by atomic mass is 19.1. The number of anilines is 1. The second-order valence-electron chi connectivity index (χ2n) is 4.85. The molecule has 0 fully saturated rings. The number of likely N-dealkylation sites (N-methyl/N-ethyl adjacent to an activating group) is 1.